The first kappa shape index (κ1) is 25.7. The quantitative estimate of drug-likeness (QED) is 0.175. The summed E-state index contributed by atoms with van der Waals surface area (Å²) in [4.78, 5) is 28.0. The van der Waals surface area contributed by atoms with Crippen LogP contribution in [0.25, 0.3) is 5.76 Å². The molecule has 8 heteroatoms. The Hall–Kier alpha value is -4.98. The number of hydrogen-bond donors (Lipinski definition) is 1. The van der Waals surface area contributed by atoms with Gasteiger partial charge in [-0.2, -0.15) is 0 Å². The Bertz CT molecular complexity index is 1490. The van der Waals surface area contributed by atoms with Crippen LogP contribution in [0.3, 0.4) is 0 Å². The molecule has 198 valence electrons. The molecule has 4 aromatic rings. The molecule has 2 heterocycles. The highest BCUT2D eigenvalue weighted by Gasteiger charge is 2.46. The summed E-state index contributed by atoms with van der Waals surface area (Å²) in [6.45, 7) is 0.452. The van der Waals surface area contributed by atoms with Gasteiger partial charge in [0.15, 0.2) is 11.5 Å². The summed E-state index contributed by atoms with van der Waals surface area (Å²) in [7, 11) is 2.98. The number of carbonyl (C=O) groups excluding carboxylic acids is 2. The van der Waals surface area contributed by atoms with Crippen LogP contribution in [-0.4, -0.2) is 35.9 Å². The van der Waals surface area contributed by atoms with Crippen LogP contribution in [0.2, 0.25) is 0 Å². The van der Waals surface area contributed by atoms with Crippen molar-refractivity contribution in [1.82, 2.24) is 4.90 Å². The third-order valence-corrected chi connectivity index (χ3v) is 6.55. The number of rotatable bonds is 9. The zero-order valence-corrected chi connectivity index (χ0v) is 21.5. The van der Waals surface area contributed by atoms with Crippen molar-refractivity contribution in [3.8, 4) is 17.2 Å². The fraction of sp³-hybridized carbons (Fsp3) is 0.161. The van der Waals surface area contributed by atoms with Crippen LogP contribution >= 0.6 is 0 Å². The SMILES string of the molecule is COc1ccc(C(O)=C2C(=O)C(=O)N(Cc3ccco3)[C@@H]2c2ccc(OCc3ccccc3)cc2)cc1OC. The lowest BCUT2D eigenvalue weighted by atomic mass is 9.95. The number of amides is 1. The molecule has 1 aliphatic heterocycles. The summed E-state index contributed by atoms with van der Waals surface area (Å²) >= 11 is 0. The Morgan fingerprint density at radius 2 is 1.64 bits per heavy atom. The molecule has 39 heavy (non-hydrogen) atoms. The smallest absolute Gasteiger partial charge is 0.296 e. The number of Topliss-reactive ketones (excluding diaryl/α,β-unsaturated/α-hetero) is 1. The number of nitrogens with zero attached hydrogens (tertiary/aromatic N) is 1. The van der Waals surface area contributed by atoms with E-state index < -0.39 is 17.7 Å². The number of likely N-dealkylation sites (tertiary alicyclic amines) is 1. The monoisotopic (exact) mass is 525 g/mol. The van der Waals surface area contributed by atoms with Crippen LogP contribution < -0.4 is 14.2 Å². The lowest BCUT2D eigenvalue weighted by molar-refractivity contribution is -0.140. The number of benzene rings is 3. The van der Waals surface area contributed by atoms with Crippen LogP contribution in [-0.2, 0) is 22.7 Å². The maximum Gasteiger partial charge on any atom is 0.296 e. The van der Waals surface area contributed by atoms with Gasteiger partial charge in [-0.15, -0.1) is 0 Å². The number of aliphatic hydroxyl groups is 1. The predicted octanol–water partition coefficient (Wildman–Crippen LogP) is 5.50. The topological polar surface area (TPSA) is 98.4 Å². The number of methoxy groups -OCH3 is 2. The van der Waals surface area contributed by atoms with Gasteiger partial charge < -0.3 is 28.6 Å². The van der Waals surface area contributed by atoms with E-state index in [1.165, 1.54) is 25.4 Å². The Kier molecular flexibility index (Phi) is 7.36. The summed E-state index contributed by atoms with van der Waals surface area (Å²) in [5.41, 5.74) is 1.95. The molecule has 3 aromatic carbocycles. The molecule has 1 aromatic heterocycles. The van der Waals surface area contributed by atoms with Crippen molar-refractivity contribution in [2.24, 2.45) is 0 Å². The zero-order chi connectivity index (χ0) is 27.4. The Labute approximate surface area is 225 Å². The fourth-order valence-electron chi connectivity index (χ4n) is 4.59. The molecule has 0 radical (unpaired) electrons. The standard InChI is InChI=1S/C31H27NO7/c1-36-25-15-12-22(17-26(25)37-2)29(33)27-28(32(31(35)30(27)34)18-24-9-6-16-38-24)21-10-13-23(14-11-21)39-19-20-7-4-3-5-8-20/h3-17,28,33H,18-19H2,1-2H3/t28-/m1/s1. The van der Waals surface area contributed by atoms with E-state index in [-0.39, 0.29) is 17.9 Å². The molecule has 0 aliphatic carbocycles. The second-order valence-electron chi connectivity index (χ2n) is 8.92. The molecule has 0 unspecified atom stereocenters. The van der Waals surface area contributed by atoms with Crippen molar-refractivity contribution >= 4 is 17.4 Å². The van der Waals surface area contributed by atoms with Crippen LogP contribution in [0.4, 0.5) is 0 Å². The molecule has 5 rings (SSSR count). The molecule has 1 atom stereocenters. The van der Waals surface area contributed by atoms with E-state index in [0.717, 1.165) is 5.56 Å². The van der Waals surface area contributed by atoms with Gasteiger partial charge in [0.05, 0.1) is 38.6 Å². The van der Waals surface area contributed by atoms with Crippen LogP contribution in [0.1, 0.15) is 28.5 Å². The van der Waals surface area contributed by atoms with Gasteiger partial charge in [-0.25, -0.2) is 0 Å². The van der Waals surface area contributed by atoms with E-state index in [1.807, 2.05) is 30.3 Å². The van der Waals surface area contributed by atoms with Crippen molar-refractivity contribution in [2.75, 3.05) is 14.2 Å². The van der Waals surface area contributed by atoms with Crippen molar-refractivity contribution < 1.29 is 33.3 Å². The largest absolute Gasteiger partial charge is 0.507 e. The van der Waals surface area contributed by atoms with Crippen LogP contribution in [0.15, 0.2) is 101 Å². The van der Waals surface area contributed by atoms with E-state index in [0.29, 0.717) is 40.7 Å². The molecule has 1 N–H and O–H groups in total. The van der Waals surface area contributed by atoms with Crippen LogP contribution in [0, 0.1) is 0 Å². The molecule has 0 saturated carbocycles. The number of ether oxygens (including phenoxy) is 3. The van der Waals surface area contributed by atoms with Gasteiger partial charge in [0.2, 0.25) is 0 Å². The van der Waals surface area contributed by atoms with Gasteiger partial charge in [-0.1, -0.05) is 42.5 Å². The van der Waals surface area contributed by atoms with Crippen molar-refractivity contribution in [3.05, 3.63) is 119 Å². The van der Waals surface area contributed by atoms with Crippen molar-refractivity contribution in [3.63, 3.8) is 0 Å². The summed E-state index contributed by atoms with van der Waals surface area (Å²) in [6.07, 6.45) is 1.50. The van der Waals surface area contributed by atoms with Gasteiger partial charge >= 0.3 is 0 Å². The zero-order valence-electron chi connectivity index (χ0n) is 21.5. The summed E-state index contributed by atoms with van der Waals surface area (Å²) in [6, 6.07) is 24.3. The van der Waals surface area contributed by atoms with E-state index >= 15 is 0 Å². The summed E-state index contributed by atoms with van der Waals surface area (Å²) < 4.78 is 22.0. The second kappa shape index (κ2) is 11.2. The molecule has 1 fully saturated rings. The van der Waals surface area contributed by atoms with Gasteiger partial charge in [0, 0.05) is 5.56 Å². The first-order valence-corrected chi connectivity index (χ1v) is 12.3. The Morgan fingerprint density at radius 3 is 2.31 bits per heavy atom. The molecule has 0 spiro atoms. The van der Waals surface area contributed by atoms with Gasteiger partial charge in [0.1, 0.15) is 23.9 Å². The molecule has 8 nitrogen and oxygen atoms in total. The van der Waals surface area contributed by atoms with Gasteiger partial charge in [-0.3, -0.25) is 9.59 Å². The molecule has 1 saturated heterocycles. The third-order valence-electron chi connectivity index (χ3n) is 6.55. The molecular formula is C31H27NO7. The number of carbonyl (C=O) groups is 2. The number of ketones is 1. The maximum absolute atomic E-state index is 13.3. The highest BCUT2D eigenvalue weighted by atomic mass is 16.5. The van der Waals surface area contributed by atoms with Crippen molar-refractivity contribution in [2.45, 2.75) is 19.2 Å². The van der Waals surface area contributed by atoms with E-state index in [1.54, 1.807) is 54.6 Å². The highest BCUT2D eigenvalue weighted by molar-refractivity contribution is 6.46. The minimum Gasteiger partial charge on any atom is -0.507 e. The average molecular weight is 526 g/mol. The number of aliphatic hydroxyl groups excluding tert-OH is 1. The molecule has 1 aliphatic rings. The Balaban J connectivity index is 1.53. The summed E-state index contributed by atoms with van der Waals surface area (Å²) in [5.74, 6) is 0.149. The number of furan rings is 1. The third kappa shape index (κ3) is 5.22. The molecular weight excluding hydrogens is 498 g/mol. The summed E-state index contributed by atoms with van der Waals surface area (Å²) in [5, 5.41) is 11.4. The fourth-order valence-corrected chi connectivity index (χ4v) is 4.59. The highest BCUT2D eigenvalue weighted by Crippen LogP contribution is 2.41. The van der Waals surface area contributed by atoms with E-state index in [2.05, 4.69) is 0 Å². The van der Waals surface area contributed by atoms with Gasteiger partial charge in [-0.05, 0) is 53.6 Å². The van der Waals surface area contributed by atoms with Crippen molar-refractivity contribution in [1.29, 1.82) is 0 Å². The number of hydrogen-bond acceptors (Lipinski definition) is 7. The predicted molar refractivity (Wildman–Crippen MR) is 143 cm³/mol. The van der Waals surface area contributed by atoms with Crippen LogP contribution in [0.5, 0.6) is 17.2 Å². The van der Waals surface area contributed by atoms with E-state index in [9.17, 15) is 14.7 Å². The second-order valence-corrected chi connectivity index (χ2v) is 8.92. The van der Waals surface area contributed by atoms with Gasteiger partial charge in [0.25, 0.3) is 11.7 Å². The first-order valence-electron chi connectivity index (χ1n) is 12.3. The minimum atomic E-state index is -0.855. The Morgan fingerprint density at radius 1 is 0.897 bits per heavy atom. The lowest BCUT2D eigenvalue weighted by Gasteiger charge is -2.24. The normalized spacial score (nSPS) is 16.4. The first-order chi connectivity index (χ1) is 19.0. The molecule has 0 bridgehead atoms. The minimum absolute atomic E-state index is 0.0308. The lowest BCUT2D eigenvalue weighted by Crippen LogP contribution is -2.29. The van der Waals surface area contributed by atoms with E-state index in [4.69, 9.17) is 18.6 Å². The average Bonchev–Trinajstić information content (AvgIpc) is 3.58. The molecule has 1 amide bonds. The maximum atomic E-state index is 13.3.